The zero-order valence-corrected chi connectivity index (χ0v) is 13.6. The van der Waals surface area contributed by atoms with Gasteiger partial charge in [0.05, 0.1) is 28.8 Å². The summed E-state index contributed by atoms with van der Waals surface area (Å²) >= 11 is 1.18. The monoisotopic (exact) mass is 321 g/mol. The van der Waals surface area contributed by atoms with Crippen LogP contribution in [0.3, 0.4) is 0 Å². The lowest BCUT2D eigenvalue weighted by atomic mass is 10.2. The number of benzene rings is 1. The first kappa shape index (κ1) is 16.5. The molecule has 2 N–H and O–H groups in total. The van der Waals surface area contributed by atoms with E-state index in [0.717, 1.165) is 0 Å². The van der Waals surface area contributed by atoms with Gasteiger partial charge in [0, 0.05) is 7.11 Å². The third kappa shape index (κ3) is 3.31. The molecule has 2 aromatic rings. The van der Waals surface area contributed by atoms with Crippen molar-refractivity contribution in [1.29, 1.82) is 0 Å². The van der Waals surface area contributed by atoms with Crippen molar-refractivity contribution in [2.24, 2.45) is 5.73 Å². The zero-order chi connectivity index (χ0) is 16.3. The summed E-state index contributed by atoms with van der Waals surface area (Å²) in [7, 11) is 1.58. The van der Waals surface area contributed by atoms with Crippen LogP contribution in [0, 0.1) is 0 Å². The van der Waals surface area contributed by atoms with Crippen LogP contribution in [0.15, 0.2) is 34.2 Å². The zero-order valence-electron chi connectivity index (χ0n) is 12.8. The van der Waals surface area contributed by atoms with E-state index >= 15 is 0 Å². The topological polar surface area (TPSA) is 87.2 Å². The van der Waals surface area contributed by atoms with Crippen LogP contribution in [-0.2, 0) is 9.53 Å². The SMILES string of the molecule is COC[C@H](C)n1c(S[C@H](C)C(N)=O)nc2ccccc2c1=O. The summed E-state index contributed by atoms with van der Waals surface area (Å²) in [5.41, 5.74) is 5.78. The highest BCUT2D eigenvalue weighted by atomic mass is 32.2. The minimum atomic E-state index is -0.478. The average molecular weight is 321 g/mol. The molecule has 0 aliphatic rings. The van der Waals surface area contributed by atoms with Crippen LogP contribution in [0.2, 0.25) is 0 Å². The Morgan fingerprint density at radius 1 is 1.41 bits per heavy atom. The number of thioether (sulfide) groups is 1. The van der Waals surface area contributed by atoms with Crippen LogP contribution < -0.4 is 11.3 Å². The van der Waals surface area contributed by atoms with Gasteiger partial charge in [-0.1, -0.05) is 23.9 Å². The molecule has 0 fully saturated rings. The molecule has 1 aromatic heterocycles. The number of para-hydroxylation sites is 1. The van der Waals surface area contributed by atoms with E-state index in [4.69, 9.17) is 10.5 Å². The van der Waals surface area contributed by atoms with Gasteiger partial charge in [-0.25, -0.2) is 4.98 Å². The number of nitrogens with two attached hydrogens (primary N) is 1. The smallest absolute Gasteiger partial charge is 0.262 e. The highest BCUT2D eigenvalue weighted by Crippen LogP contribution is 2.24. The molecule has 2 rings (SSSR count). The highest BCUT2D eigenvalue weighted by molar-refractivity contribution is 8.00. The van der Waals surface area contributed by atoms with Crippen molar-refractivity contribution >= 4 is 28.6 Å². The fraction of sp³-hybridized carbons (Fsp3) is 0.400. The van der Waals surface area contributed by atoms with Crippen molar-refractivity contribution in [3.8, 4) is 0 Å². The number of carbonyl (C=O) groups excluding carboxylic acids is 1. The maximum Gasteiger partial charge on any atom is 0.262 e. The quantitative estimate of drug-likeness (QED) is 0.644. The summed E-state index contributed by atoms with van der Waals surface area (Å²) in [5.74, 6) is -0.446. The molecule has 0 saturated heterocycles. The predicted octanol–water partition coefficient (Wildman–Crippen LogP) is 1.57. The molecular weight excluding hydrogens is 302 g/mol. The Morgan fingerprint density at radius 3 is 2.73 bits per heavy atom. The van der Waals surface area contributed by atoms with Crippen molar-refractivity contribution in [2.45, 2.75) is 30.3 Å². The number of ether oxygens (including phenoxy) is 1. The first-order valence-corrected chi connectivity index (χ1v) is 7.79. The number of aromatic nitrogens is 2. The van der Waals surface area contributed by atoms with E-state index in [-0.39, 0.29) is 11.6 Å². The van der Waals surface area contributed by atoms with Gasteiger partial charge in [-0.05, 0) is 26.0 Å². The van der Waals surface area contributed by atoms with E-state index in [1.165, 1.54) is 11.8 Å². The molecule has 7 heteroatoms. The second-order valence-electron chi connectivity index (χ2n) is 5.05. The lowest BCUT2D eigenvalue weighted by Crippen LogP contribution is -2.30. The lowest BCUT2D eigenvalue weighted by Gasteiger charge is -2.19. The Kier molecular flexibility index (Phi) is 5.20. The molecule has 0 saturated carbocycles. The van der Waals surface area contributed by atoms with Gasteiger partial charge in [0.25, 0.3) is 5.56 Å². The van der Waals surface area contributed by atoms with Gasteiger partial charge in [0.1, 0.15) is 0 Å². The number of fused-ring (bicyclic) bond motifs is 1. The molecule has 2 atom stereocenters. The number of rotatable bonds is 6. The summed E-state index contributed by atoms with van der Waals surface area (Å²) in [6, 6.07) is 6.95. The normalized spacial score (nSPS) is 14.0. The first-order valence-electron chi connectivity index (χ1n) is 6.92. The van der Waals surface area contributed by atoms with Gasteiger partial charge in [0.2, 0.25) is 5.91 Å². The van der Waals surface area contributed by atoms with Crippen LogP contribution in [0.5, 0.6) is 0 Å². The van der Waals surface area contributed by atoms with Gasteiger partial charge < -0.3 is 10.5 Å². The number of nitrogens with zero attached hydrogens (tertiary/aromatic N) is 2. The summed E-state index contributed by atoms with van der Waals surface area (Å²) in [4.78, 5) is 28.6. The molecule has 0 aliphatic carbocycles. The van der Waals surface area contributed by atoms with Gasteiger partial charge in [0.15, 0.2) is 5.16 Å². The maximum atomic E-state index is 12.8. The van der Waals surface area contributed by atoms with Crippen molar-refractivity contribution in [3.05, 3.63) is 34.6 Å². The number of amides is 1. The number of carbonyl (C=O) groups is 1. The van der Waals surface area contributed by atoms with Crippen LogP contribution >= 0.6 is 11.8 Å². The summed E-state index contributed by atoms with van der Waals surface area (Å²) in [6.07, 6.45) is 0. The molecule has 1 amide bonds. The average Bonchev–Trinajstić information content (AvgIpc) is 2.47. The molecule has 1 heterocycles. The number of methoxy groups -OCH3 is 1. The molecule has 0 spiro atoms. The minimum Gasteiger partial charge on any atom is -0.383 e. The molecule has 22 heavy (non-hydrogen) atoms. The molecular formula is C15H19N3O3S. The molecule has 1 aromatic carbocycles. The molecule has 0 aliphatic heterocycles. The van der Waals surface area contributed by atoms with Crippen LogP contribution in [0.1, 0.15) is 19.9 Å². The third-order valence-corrected chi connectivity index (χ3v) is 4.39. The Balaban J connectivity index is 2.62. The van der Waals surface area contributed by atoms with Gasteiger partial charge >= 0.3 is 0 Å². The molecule has 6 nitrogen and oxygen atoms in total. The molecule has 118 valence electrons. The fourth-order valence-electron chi connectivity index (χ4n) is 2.13. The Bertz CT molecular complexity index is 744. The van der Waals surface area contributed by atoms with E-state index in [1.54, 1.807) is 36.8 Å². The van der Waals surface area contributed by atoms with Crippen molar-refractivity contribution in [3.63, 3.8) is 0 Å². The van der Waals surface area contributed by atoms with Gasteiger partial charge in [-0.15, -0.1) is 0 Å². The minimum absolute atomic E-state index is 0.144. The van der Waals surface area contributed by atoms with E-state index in [0.29, 0.717) is 22.7 Å². The lowest BCUT2D eigenvalue weighted by molar-refractivity contribution is -0.117. The Morgan fingerprint density at radius 2 is 2.09 bits per heavy atom. The molecule has 0 bridgehead atoms. The van der Waals surface area contributed by atoms with E-state index in [2.05, 4.69) is 4.98 Å². The number of hydrogen-bond acceptors (Lipinski definition) is 5. The predicted molar refractivity (Wildman–Crippen MR) is 87.1 cm³/mol. The largest absolute Gasteiger partial charge is 0.383 e. The molecule has 0 radical (unpaired) electrons. The van der Waals surface area contributed by atoms with Crippen molar-refractivity contribution in [2.75, 3.05) is 13.7 Å². The second kappa shape index (κ2) is 6.93. The van der Waals surface area contributed by atoms with Crippen LogP contribution in [0.4, 0.5) is 0 Å². The number of hydrogen-bond donors (Lipinski definition) is 1. The maximum absolute atomic E-state index is 12.8. The third-order valence-electron chi connectivity index (χ3n) is 3.31. The van der Waals surface area contributed by atoms with Crippen molar-refractivity contribution < 1.29 is 9.53 Å². The highest BCUT2D eigenvalue weighted by Gasteiger charge is 2.20. The van der Waals surface area contributed by atoms with Crippen LogP contribution in [0.25, 0.3) is 10.9 Å². The van der Waals surface area contributed by atoms with Crippen LogP contribution in [-0.4, -0.2) is 34.4 Å². The standard InChI is InChI=1S/C15H19N3O3S/c1-9(8-21-3)18-14(20)11-6-4-5-7-12(11)17-15(18)22-10(2)13(16)19/h4-7,9-10H,8H2,1-3H3,(H2,16,19)/t9-,10+/m0/s1. The summed E-state index contributed by atoms with van der Waals surface area (Å²) in [6.45, 7) is 3.94. The second-order valence-corrected chi connectivity index (χ2v) is 6.36. The van der Waals surface area contributed by atoms with Crippen molar-refractivity contribution in [1.82, 2.24) is 9.55 Å². The number of primary amides is 1. The van der Waals surface area contributed by atoms with E-state index in [9.17, 15) is 9.59 Å². The summed E-state index contributed by atoms with van der Waals surface area (Å²) in [5, 5.41) is 0.537. The van der Waals surface area contributed by atoms with E-state index < -0.39 is 11.2 Å². The van der Waals surface area contributed by atoms with Gasteiger partial charge in [-0.2, -0.15) is 0 Å². The van der Waals surface area contributed by atoms with Gasteiger partial charge in [-0.3, -0.25) is 14.2 Å². The fourth-order valence-corrected chi connectivity index (χ4v) is 3.09. The van der Waals surface area contributed by atoms with E-state index in [1.807, 2.05) is 13.0 Å². The first-order chi connectivity index (χ1) is 10.5. The Labute approximate surface area is 132 Å². The Hall–Kier alpha value is -1.86. The summed E-state index contributed by atoms with van der Waals surface area (Å²) < 4.78 is 6.71. The molecule has 0 unspecified atom stereocenters.